The molecular formula is C13H13LiO4. The molecular weight excluding hydrogens is 227 g/mol. The largest absolute Gasteiger partial charge is 1.00 e. The molecule has 0 fully saturated rings. The first kappa shape index (κ1) is 16.5. The van der Waals surface area contributed by atoms with Crippen molar-refractivity contribution in [1.82, 2.24) is 0 Å². The zero-order chi connectivity index (χ0) is 12.8. The van der Waals surface area contributed by atoms with Crippen LogP contribution in [-0.4, -0.2) is 18.4 Å². The summed E-state index contributed by atoms with van der Waals surface area (Å²) in [6.45, 7) is 3.03. The van der Waals surface area contributed by atoms with Gasteiger partial charge in [-0.1, -0.05) is 30.3 Å². The average Bonchev–Trinajstić information content (AvgIpc) is 2.37. The van der Waals surface area contributed by atoms with E-state index in [1.807, 2.05) is 0 Å². The first-order valence-corrected chi connectivity index (χ1v) is 5.22. The molecule has 0 amide bonds. The van der Waals surface area contributed by atoms with E-state index in [-0.39, 0.29) is 31.0 Å². The van der Waals surface area contributed by atoms with Crippen molar-refractivity contribution >= 4 is 11.8 Å². The molecule has 0 heterocycles. The first-order valence-electron chi connectivity index (χ1n) is 5.22. The van der Waals surface area contributed by atoms with E-state index in [9.17, 15) is 14.7 Å². The quantitative estimate of drug-likeness (QED) is 0.202. The number of carbonyl (C=O) groups excluding carboxylic acids is 2. The standard InChI is InChI=1S/C13H14O4.Li/c1-3-17-13(16)12(15)9(2)11(14)10-7-5-4-6-8-10;/h4-8,15H,3H2,1-2H3;/q;+1/p-1/b12-9-;. The van der Waals surface area contributed by atoms with E-state index >= 15 is 0 Å². The predicted molar refractivity (Wildman–Crippen MR) is 60.1 cm³/mol. The number of esters is 1. The molecule has 1 aromatic carbocycles. The Morgan fingerprint density at radius 2 is 1.78 bits per heavy atom. The SMILES string of the molecule is CCOC(=O)/C([O-])=C(\C)C(=O)c1ccccc1.[Li+]. The van der Waals surface area contributed by atoms with Gasteiger partial charge in [0.25, 0.3) is 0 Å². The van der Waals surface area contributed by atoms with Crippen LogP contribution in [0.4, 0.5) is 0 Å². The van der Waals surface area contributed by atoms with E-state index in [4.69, 9.17) is 0 Å². The van der Waals surface area contributed by atoms with E-state index in [1.54, 1.807) is 37.3 Å². The monoisotopic (exact) mass is 240 g/mol. The molecule has 0 saturated heterocycles. The van der Waals surface area contributed by atoms with Gasteiger partial charge in [0, 0.05) is 5.56 Å². The summed E-state index contributed by atoms with van der Waals surface area (Å²) >= 11 is 0. The Kier molecular flexibility index (Phi) is 7.11. The van der Waals surface area contributed by atoms with Gasteiger partial charge in [-0.05, 0) is 25.2 Å². The molecule has 0 unspecified atom stereocenters. The van der Waals surface area contributed by atoms with Gasteiger partial charge in [0.05, 0.1) is 6.61 Å². The van der Waals surface area contributed by atoms with E-state index in [0.717, 1.165) is 0 Å². The summed E-state index contributed by atoms with van der Waals surface area (Å²) in [5.74, 6) is -2.33. The van der Waals surface area contributed by atoms with Crippen molar-refractivity contribution in [3.8, 4) is 0 Å². The van der Waals surface area contributed by atoms with Crippen molar-refractivity contribution in [2.45, 2.75) is 13.8 Å². The predicted octanol–water partition coefficient (Wildman–Crippen LogP) is -1.93. The molecule has 4 nitrogen and oxygen atoms in total. The molecule has 0 radical (unpaired) electrons. The summed E-state index contributed by atoms with van der Waals surface area (Å²) in [7, 11) is 0. The van der Waals surface area contributed by atoms with Gasteiger partial charge in [-0.15, -0.1) is 0 Å². The molecule has 0 aliphatic heterocycles. The second-order valence-electron chi connectivity index (χ2n) is 3.37. The zero-order valence-corrected chi connectivity index (χ0v) is 10.7. The fourth-order valence-corrected chi connectivity index (χ4v) is 1.26. The van der Waals surface area contributed by atoms with Crippen molar-refractivity contribution in [3.05, 3.63) is 47.2 Å². The van der Waals surface area contributed by atoms with Crippen molar-refractivity contribution < 1.29 is 38.3 Å². The first-order chi connectivity index (χ1) is 8.07. The molecule has 0 aliphatic rings. The van der Waals surface area contributed by atoms with E-state index in [1.165, 1.54) is 6.92 Å². The number of hydrogen-bond donors (Lipinski definition) is 0. The fourth-order valence-electron chi connectivity index (χ4n) is 1.26. The Morgan fingerprint density at radius 3 is 2.28 bits per heavy atom. The van der Waals surface area contributed by atoms with E-state index in [0.29, 0.717) is 5.56 Å². The third-order valence-corrected chi connectivity index (χ3v) is 2.18. The Bertz CT molecular complexity index is 451. The van der Waals surface area contributed by atoms with Gasteiger partial charge in [-0.3, -0.25) is 4.79 Å². The van der Waals surface area contributed by atoms with Crippen LogP contribution >= 0.6 is 0 Å². The van der Waals surface area contributed by atoms with Crippen LogP contribution in [-0.2, 0) is 9.53 Å². The number of allylic oxidation sites excluding steroid dienone is 1. The summed E-state index contributed by atoms with van der Waals surface area (Å²) in [6, 6.07) is 8.32. The maximum Gasteiger partial charge on any atom is 1.00 e. The van der Waals surface area contributed by atoms with Crippen molar-refractivity contribution in [3.63, 3.8) is 0 Å². The van der Waals surface area contributed by atoms with Crippen LogP contribution in [0, 0.1) is 0 Å². The smallest absolute Gasteiger partial charge is 0.867 e. The molecule has 0 atom stereocenters. The van der Waals surface area contributed by atoms with Crippen LogP contribution in [0.3, 0.4) is 0 Å². The van der Waals surface area contributed by atoms with Crippen molar-refractivity contribution in [2.24, 2.45) is 0 Å². The topological polar surface area (TPSA) is 66.4 Å². The normalized spacial score (nSPS) is 11.0. The Balaban J connectivity index is 0.00000289. The summed E-state index contributed by atoms with van der Waals surface area (Å²) in [4.78, 5) is 23.0. The zero-order valence-electron chi connectivity index (χ0n) is 10.7. The summed E-state index contributed by atoms with van der Waals surface area (Å²) < 4.78 is 4.55. The molecule has 0 N–H and O–H groups in total. The van der Waals surface area contributed by atoms with Crippen molar-refractivity contribution in [1.29, 1.82) is 0 Å². The van der Waals surface area contributed by atoms with Gasteiger partial charge < -0.3 is 9.84 Å². The third kappa shape index (κ3) is 4.06. The van der Waals surface area contributed by atoms with Gasteiger partial charge in [0.2, 0.25) is 0 Å². The Morgan fingerprint density at radius 1 is 1.22 bits per heavy atom. The van der Waals surface area contributed by atoms with Gasteiger partial charge in [-0.2, -0.15) is 0 Å². The molecule has 5 heteroatoms. The minimum Gasteiger partial charge on any atom is -0.867 e. The molecule has 0 bridgehead atoms. The maximum atomic E-state index is 11.8. The average molecular weight is 240 g/mol. The molecule has 0 spiro atoms. The van der Waals surface area contributed by atoms with E-state index in [2.05, 4.69) is 4.74 Å². The molecule has 0 saturated carbocycles. The van der Waals surface area contributed by atoms with E-state index < -0.39 is 17.5 Å². The van der Waals surface area contributed by atoms with Gasteiger partial charge in [-0.25, -0.2) is 4.79 Å². The number of benzene rings is 1. The van der Waals surface area contributed by atoms with Crippen LogP contribution in [0.2, 0.25) is 0 Å². The van der Waals surface area contributed by atoms with Crippen molar-refractivity contribution in [2.75, 3.05) is 6.61 Å². The van der Waals surface area contributed by atoms with Crippen LogP contribution in [0.5, 0.6) is 0 Å². The van der Waals surface area contributed by atoms with Gasteiger partial charge in [0.1, 0.15) is 0 Å². The molecule has 1 rings (SSSR count). The Labute approximate surface area is 118 Å². The molecule has 0 aromatic heterocycles. The van der Waals surface area contributed by atoms with Gasteiger partial charge in [0.15, 0.2) is 5.78 Å². The minimum absolute atomic E-state index is 0. The summed E-state index contributed by atoms with van der Waals surface area (Å²) in [5.41, 5.74) is 0.247. The van der Waals surface area contributed by atoms with Gasteiger partial charge >= 0.3 is 24.8 Å². The second kappa shape index (κ2) is 7.75. The fraction of sp³-hybridized carbons (Fsp3) is 0.231. The number of hydrogen-bond acceptors (Lipinski definition) is 4. The summed E-state index contributed by atoms with van der Waals surface area (Å²) in [6.07, 6.45) is 0. The van der Waals surface area contributed by atoms with Crippen LogP contribution in [0.1, 0.15) is 24.2 Å². The summed E-state index contributed by atoms with van der Waals surface area (Å²) in [5, 5.41) is 11.5. The molecule has 0 aliphatic carbocycles. The van der Waals surface area contributed by atoms with Crippen LogP contribution in [0.25, 0.3) is 0 Å². The second-order valence-corrected chi connectivity index (χ2v) is 3.37. The number of Topliss-reactive ketones (excluding diaryl/α,β-unsaturated/α-hetero) is 1. The number of rotatable bonds is 4. The Hall–Kier alpha value is -1.50. The van der Waals surface area contributed by atoms with Crippen LogP contribution < -0.4 is 24.0 Å². The number of ether oxygens (including phenoxy) is 1. The molecule has 1 aromatic rings. The van der Waals surface area contributed by atoms with Crippen LogP contribution in [0.15, 0.2) is 41.7 Å². The number of carbonyl (C=O) groups is 2. The molecule has 90 valence electrons. The molecule has 18 heavy (non-hydrogen) atoms. The maximum absolute atomic E-state index is 11.8. The third-order valence-electron chi connectivity index (χ3n) is 2.18. The number of ketones is 1. The minimum atomic E-state index is -0.991.